The Morgan fingerprint density at radius 3 is 3.00 bits per heavy atom. The molecule has 20 heavy (non-hydrogen) atoms. The van der Waals surface area contributed by atoms with Crippen LogP contribution in [0.3, 0.4) is 0 Å². The van der Waals surface area contributed by atoms with E-state index in [1.165, 1.54) is 0 Å². The van der Waals surface area contributed by atoms with E-state index < -0.39 is 6.10 Å². The van der Waals surface area contributed by atoms with Crippen molar-refractivity contribution in [1.29, 1.82) is 0 Å². The monoisotopic (exact) mass is 274 g/mol. The first-order valence-corrected chi connectivity index (χ1v) is 7.46. The van der Waals surface area contributed by atoms with E-state index in [9.17, 15) is 9.90 Å². The van der Waals surface area contributed by atoms with Crippen molar-refractivity contribution in [2.24, 2.45) is 5.92 Å². The van der Waals surface area contributed by atoms with Crippen LogP contribution in [0, 0.1) is 5.92 Å². The van der Waals surface area contributed by atoms with Crippen LogP contribution >= 0.6 is 0 Å². The summed E-state index contributed by atoms with van der Waals surface area (Å²) < 4.78 is 0. The number of rotatable bonds is 2. The molecule has 1 fully saturated rings. The number of nitrogens with one attached hydrogen (secondary N) is 2. The highest BCUT2D eigenvalue weighted by Gasteiger charge is 2.35. The maximum atomic E-state index is 12.4. The molecule has 4 atom stereocenters. The molecule has 1 heterocycles. The first-order chi connectivity index (χ1) is 9.66. The maximum absolute atomic E-state index is 12.4. The third-order valence-electron chi connectivity index (χ3n) is 4.55. The third-order valence-corrected chi connectivity index (χ3v) is 4.55. The van der Waals surface area contributed by atoms with Gasteiger partial charge in [-0.15, -0.1) is 0 Å². The zero-order valence-electron chi connectivity index (χ0n) is 11.8. The van der Waals surface area contributed by atoms with Gasteiger partial charge < -0.3 is 15.7 Å². The molecule has 3 N–H and O–H groups in total. The average molecular weight is 274 g/mol. The van der Waals surface area contributed by atoms with Gasteiger partial charge >= 0.3 is 0 Å². The number of benzene rings is 1. The molecule has 1 aromatic carbocycles. The predicted octanol–water partition coefficient (Wildman–Crippen LogP) is 1.15. The van der Waals surface area contributed by atoms with Crippen LogP contribution in [0.2, 0.25) is 0 Å². The Kier molecular flexibility index (Phi) is 3.76. The molecule has 0 saturated carbocycles. The summed E-state index contributed by atoms with van der Waals surface area (Å²) in [6.45, 7) is 3.00. The van der Waals surface area contributed by atoms with Gasteiger partial charge in [0, 0.05) is 6.42 Å². The van der Waals surface area contributed by atoms with Gasteiger partial charge in [-0.25, -0.2) is 0 Å². The lowest BCUT2D eigenvalue weighted by Crippen LogP contribution is -2.52. The fraction of sp³-hybridized carbons (Fsp3) is 0.562. The number of carbonyl (C=O) groups is 1. The highest BCUT2D eigenvalue weighted by atomic mass is 16.3. The number of aliphatic hydroxyl groups excluding tert-OH is 1. The summed E-state index contributed by atoms with van der Waals surface area (Å²) in [5.41, 5.74) is 2.19. The van der Waals surface area contributed by atoms with Gasteiger partial charge in [-0.3, -0.25) is 4.79 Å². The van der Waals surface area contributed by atoms with E-state index in [4.69, 9.17) is 0 Å². The van der Waals surface area contributed by atoms with Crippen molar-refractivity contribution in [3.63, 3.8) is 0 Å². The van der Waals surface area contributed by atoms with Gasteiger partial charge in [-0.1, -0.05) is 31.2 Å². The minimum absolute atomic E-state index is 0.0120. The zero-order valence-corrected chi connectivity index (χ0v) is 11.8. The lowest BCUT2D eigenvalue weighted by atomic mass is 9.92. The Morgan fingerprint density at radius 1 is 1.40 bits per heavy atom. The maximum Gasteiger partial charge on any atom is 0.237 e. The standard InChI is InChI=1S/C16H22N2O2/c1-10-5-4-8-17-14(10)16(20)18-15-12-7-3-2-6-11(12)9-13(15)19/h2-3,6-7,10,13-15,17,19H,4-5,8-9H2,1H3,(H,18,20)/t10?,13-,14?,15+/m0/s1. The summed E-state index contributed by atoms with van der Waals surface area (Å²) in [5.74, 6) is 0.357. The number of hydrogen-bond donors (Lipinski definition) is 3. The lowest BCUT2D eigenvalue weighted by Gasteiger charge is -2.30. The molecule has 3 rings (SSSR count). The molecule has 0 bridgehead atoms. The number of hydrogen-bond acceptors (Lipinski definition) is 3. The Labute approximate surface area is 119 Å². The second kappa shape index (κ2) is 5.54. The van der Waals surface area contributed by atoms with Gasteiger partial charge in [0.25, 0.3) is 0 Å². The van der Waals surface area contributed by atoms with Crippen molar-refractivity contribution >= 4 is 5.91 Å². The van der Waals surface area contributed by atoms with Gasteiger partial charge in [0.15, 0.2) is 0 Å². The van der Waals surface area contributed by atoms with Crippen molar-refractivity contribution in [1.82, 2.24) is 10.6 Å². The Balaban J connectivity index is 1.73. The fourth-order valence-electron chi connectivity index (χ4n) is 3.39. The summed E-state index contributed by atoms with van der Waals surface area (Å²) >= 11 is 0. The molecular formula is C16H22N2O2. The molecule has 2 aliphatic rings. The molecule has 1 amide bonds. The molecule has 1 aliphatic heterocycles. The SMILES string of the molecule is CC1CCCNC1C(=O)N[C@@H]1c2ccccc2C[C@@H]1O. The molecule has 4 nitrogen and oxygen atoms in total. The molecule has 0 aromatic heterocycles. The van der Waals surface area contributed by atoms with E-state index >= 15 is 0 Å². The van der Waals surface area contributed by atoms with Crippen LogP contribution in [0.5, 0.6) is 0 Å². The van der Waals surface area contributed by atoms with Crippen molar-refractivity contribution in [3.8, 4) is 0 Å². The van der Waals surface area contributed by atoms with Crippen LogP contribution in [-0.2, 0) is 11.2 Å². The summed E-state index contributed by atoms with van der Waals surface area (Å²) in [5, 5.41) is 16.5. The molecule has 2 unspecified atom stereocenters. The van der Waals surface area contributed by atoms with Gasteiger partial charge in [-0.2, -0.15) is 0 Å². The largest absolute Gasteiger partial charge is 0.390 e. The first-order valence-electron chi connectivity index (χ1n) is 7.46. The highest BCUT2D eigenvalue weighted by Crippen LogP contribution is 2.31. The third kappa shape index (κ3) is 2.45. The van der Waals surface area contributed by atoms with Crippen LogP contribution in [0.15, 0.2) is 24.3 Å². The van der Waals surface area contributed by atoms with Crippen molar-refractivity contribution < 1.29 is 9.90 Å². The van der Waals surface area contributed by atoms with Crippen LogP contribution in [-0.4, -0.2) is 29.7 Å². The summed E-state index contributed by atoms with van der Waals surface area (Å²) in [6, 6.07) is 7.54. The molecule has 108 valence electrons. The summed E-state index contributed by atoms with van der Waals surface area (Å²) in [7, 11) is 0. The molecule has 1 aliphatic carbocycles. The fourth-order valence-corrected chi connectivity index (χ4v) is 3.39. The molecule has 1 saturated heterocycles. The van der Waals surface area contributed by atoms with Crippen LogP contribution in [0.25, 0.3) is 0 Å². The summed E-state index contributed by atoms with van der Waals surface area (Å²) in [6.07, 6.45) is 2.30. The molecule has 4 heteroatoms. The number of piperidine rings is 1. The smallest absolute Gasteiger partial charge is 0.237 e. The minimum Gasteiger partial charge on any atom is -0.390 e. The number of aliphatic hydroxyl groups is 1. The molecular weight excluding hydrogens is 252 g/mol. The van der Waals surface area contributed by atoms with Crippen molar-refractivity contribution in [2.45, 2.75) is 44.4 Å². The Hall–Kier alpha value is -1.39. The van der Waals surface area contributed by atoms with Gasteiger partial charge in [-0.05, 0) is 36.4 Å². The zero-order chi connectivity index (χ0) is 14.1. The van der Waals surface area contributed by atoms with Crippen molar-refractivity contribution in [2.75, 3.05) is 6.54 Å². The van der Waals surface area contributed by atoms with Crippen LogP contribution in [0.4, 0.5) is 0 Å². The quantitative estimate of drug-likeness (QED) is 0.758. The normalized spacial score (nSPS) is 32.7. The lowest BCUT2D eigenvalue weighted by molar-refractivity contribution is -0.126. The molecule has 1 aromatic rings. The number of fused-ring (bicyclic) bond motifs is 1. The Bertz CT molecular complexity index is 503. The van der Waals surface area contributed by atoms with Crippen LogP contribution < -0.4 is 10.6 Å². The van der Waals surface area contributed by atoms with E-state index in [1.807, 2.05) is 24.3 Å². The minimum atomic E-state index is -0.518. The van der Waals surface area contributed by atoms with Gasteiger partial charge in [0.2, 0.25) is 5.91 Å². The van der Waals surface area contributed by atoms with Gasteiger partial charge in [0.1, 0.15) is 0 Å². The molecule has 0 spiro atoms. The molecule has 0 radical (unpaired) electrons. The second-order valence-corrected chi connectivity index (χ2v) is 6.01. The summed E-state index contributed by atoms with van der Waals surface area (Å²) in [4.78, 5) is 12.4. The topological polar surface area (TPSA) is 61.4 Å². The van der Waals surface area contributed by atoms with E-state index in [1.54, 1.807) is 0 Å². The second-order valence-electron chi connectivity index (χ2n) is 6.01. The van der Waals surface area contributed by atoms with E-state index in [0.717, 1.165) is 30.5 Å². The van der Waals surface area contributed by atoms with E-state index in [-0.39, 0.29) is 18.0 Å². The van der Waals surface area contributed by atoms with Crippen molar-refractivity contribution in [3.05, 3.63) is 35.4 Å². The first kappa shape index (κ1) is 13.6. The predicted molar refractivity (Wildman–Crippen MR) is 77.2 cm³/mol. The van der Waals surface area contributed by atoms with E-state index in [2.05, 4.69) is 17.6 Å². The average Bonchev–Trinajstić information content (AvgIpc) is 2.76. The van der Waals surface area contributed by atoms with Gasteiger partial charge in [0.05, 0.1) is 18.2 Å². The Morgan fingerprint density at radius 2 is 2.20 bits per heavy atom. The number of carbonyl (C=O) groups excluding carboxylic acids is 1. The van der Waals surface area contributed by atoms with E-state index in [0.29, 0.717) is 12.3 Å². The highest BCUT2D eigenvalue weighted by molar-refractivity contribution is 5.82. The number of amides is 1. The van der Waals surface area contributed by atoms with Crippen LogP contribution in [0.1, 0.15) is 36.9 Å².